The molecule has 1 amide bonds. The summed E-state index contributed by atoms with van der Waals surface area (Å²) in [7, 11) is -3.46. The van der Waals surface area contributed by atoms with E-state index in [0.717, 1.165) is 0 Å². The van der Waals surface area contributed by atoms with Gasteiger partial charge < -0.3 is 11.1 Å². The molecule has 0 spiro atoms. The molecule has 0 aliphatic carbocycles. The maximum atomic E-state index is 11.5. The smallest absolute Gasteiger partial charge is 0.226 e. The number of hydrogen-bond acceptors (Lipinski definition) is 5. The monoisotopic (exact) mass is 272 g/mol. The van der Waals surface area contributed by atoms with Gasteiger partial charge in [0.1, 0.15) is 0 Å². The van der Waals surface area contributed by atoms with Crippen LogP contribution in [0.25, 0.3) is 0 Å². The third kappa shape index (κ3) is 6.16. The van der Waals surface area contributed by atoms with Crippen molar-refractivity contribution in [2.75, 3.05) is 18.0 Å². The van der Waals surface area contributed by atoms with Gasteiger partial charge in [0.05, 0.1) is 24.1 Å². The zero-order valence-corrected chi connectivity index (χ0v) is 10.6. The van der Waals surface area contributed by atoms with Crippen LogP contribution in [0.1, 0.15) is 12.1 Å². The van der Waals surface area contributed by atoms with E-state index in [4.69, 9.17) is 10.9 Å². The normalized spacial score (nSPS) is 11.2. The molecule has 18 heavy (non-hydrogen) atoms. The van der Waals surface area contributed by atoms with Crippen LogP contribution in [0.5, 0.6) is 0 Å². The standard InChI is InChI=1S/C10H16N4O3S/c11-8-2-3-9(14-7-8)6-10(15)13-4-1-5-18(12,16)17/h2-3,7H,1,4-6,11H2,(H,13,15)(H2,12,16,17). The van der Waals surface area contributed by atoms with Crippen LogP contribution in [0, 0.1) is 0 Å². The molecule has 0 aliphatic heterocycles. The van der Waals surface area contributed by atoms with Gasteiger partial charge in [-0.3, -0.25) is 9.78 Å². The third-order valence-corrected chi connectivity index (χ3v) is 2.97. The van der Waals surface area contributed by atoms with E-state index in [-0.39, 0.29) is 24.6 Å². The van der Waals surface area contributed by atoms with E-state index >= 15 is 0 Å². The summed E-state index contributed by atoms with van der Waals surface area (Å²) in [6.07, 6.45) is 1.90. The Morgan fingerprint density at radius 3 is 2.67 bits per heavy atom. The van der Waals surface area contributed by atoms with Crippen molar-refractivity contribution in [3.05, 3.63) is 24.0 Å². The predicted molar refractivity (Wildman–Crippen MR) is 68.0 cm³/mol. The van der Waals surface area contributed by atoms with Gasteiger partial charge in [-0.15, -0.1) is 0 Å². The number of nitrogens with one attached hydrogen (secondary N) is 1. The number of anilines is 1. The molecule has 100 valence electrons. The quantitative estimate of drug-likeness (QED) is 0.572. The lowest BCUT2D eigenvalue weighted by molar-refractivity contribution is -0.120. The molecule has 0 atom stereocenters. The Morgan fingerprint density at radius 2 is 2.11 bits per heavy atom. The largest absolute Gasteiger partial charge is 0.397 e. The molecule has 0 saturated carbocycles. The number of pyridine rings is 1. The number of sulfonamides is 1. The number of carbonyl (C=O) groups excluding carboxylic acids is 1. The van der Waals surface area contributed by atoms with Gasteiger partial charge in [0.25, 0.3) is 0 Å². The van der Waals surface area contributed by atoms with E-state index in [9.17, 15) is 13.2 Å². The van der Waals surface area contributed by atoms with Gasteiger partial charge in [0, 0.05) is 12.2 Å². The number of nitrogen functional groups attached to an aromatic ring is 1. The van der Waals surface area contributed by atoms with Gasteiger partial charge in [-0.2, -0.15) is 0 Å². The van der Waals surface area contributed by atoms with Crippen molar-refractivity contribution in [3.63, 3.8) is 0 Å². The van der Waals surface area contributed by atoms with Crippen LogP contribution < -0.4 is 16.2 Å². The van der Waals surface area contributed by atoms with Gasteiger partial charge in [0.15, 0.2) is 0 Å². The summed E-state index contributed by atoms with van der Waals surface area (Å²) in [5.41, 5.74) is 6.60. The highest BCUT2D eigenvalue weighted by Crippen LogP contribution is 2.01. The number of hydrogen-bond donors (Lipinski definition) is 3. The van der Waals surface area contributed by atoms with Crippen LogP contribution in [-0.4, -0.2) is 31.6 Å². The van der Waals surface area contributed by atoms with Crippen LogP contribution in [-0.2, 0) is 21.2 Å². The van der Waals surface area contributed by atoms with Gasteiger partial charge >= 0.3 is 0 Å². The Labute approximate surface area is 106 Å². The van der Waals surface area contributed by atoms with E-state index < -0.39 is 10.0 Å². The second-order valence-electron chi connectivity index (χ2n) is 3.83. The highest BCUT2D eigenvalue weighted by molar-refractivity contribution is 7.89. The van der Waals surface area contributed by atoms with Gasteiger partial charge in [-0.05, 0) is 18.6 Å². The summed E-state index contributed by atoms with van der Waals surface area (Å²) in [5.74, 6) is -0.366. The molecule has 7 nitrogen and oxygen atoms in total. The zero-order chi connectivity index (χ0) is 13.6. The first kappa shape index (κ1) is 14.4. The lowest BCUT2D eigenvalue weighted by Gasteiger charge is -2.04. The van der Waals surface area contributed by atoms with Crippen molar-refractivity contribution in [1.82, 2.24) is 10.3 Å². The molecule has 8 heteroatoms. The Kier molecular flexibility index (Phi) is 5.05. The molecular weight excluding hydrogens is 256 g/mol. The first-order valence-electron chi connectivity index (χ1n) is 5.34. The number of nitrogens with zero attached hydrogens (tertiary/aromatic N) is 1. The first-order chi connectivity index (χ1) is 8.37. The summed E-state index contributed by atoms with van der Waals surface area (Å²) in [6.45, 7) is 0.268. The van der Waals surface area contributed by atoms with Crippen molar-refractivity contribution >= 4 is 21.6 Å². The molecule has 0 saturated heterocycles. The Balaban J connectivity index is 2.28. The third-order valence-electron chi connectivity index (χ3n) is 2.12. The van der Waals surface area contributed by atoms with E-state index in [1.807, 2.05) is 0 Å². The molecule has 1 aromatic heterocycles. The topological polar surface area (TPSA) is 128 Å². The molecule has 0 radical (unpaired) electrons. The first-order valence-corrected chi connectivity index (χ1v) is 7.06. The van der Waals surface area contributed by atoms with Crippen LogP contribution >= 0.6 is 0 Å². The molecule has 0 bridgehead atoms. The summed E-state index contributed by atoms with van der Waals surface area (Å²) in [5, 5.41) is 7.42. The number of amides is 1. The van der Waals surface area contributed by atoms with E-state index in [2.05, 4.69) is 10.3 Å². The molecule has 0 unspecified atom stereocenters. The Bertz CT molecular complexity index is 498. The maximum Gasteiger partial charge on any atom is 0.226 e. The van der Waals surface area contributed by atoms with Crippen molar-refractivity contribution < 1.29 is 13.2 Å². The lowest BCUT2D eigenvalue weighted by Crippen LogP contribution is -2.28. The number of carbonyl (C=O) groups is 1. The fraction of sp³-hybridized carbons (Fsp3) is 0.400. The summed E-state index contributed by atoms with van der Waals surface area (Å²) in [6, 6.07) is 3.33. The SMILES string of the molecule is Nc1ccc(CC(=O)NCCCS(N)(=O)=O)nc1. The average Bonchev–Trinajstić information content (AvgIpc) is 2.26. The minimum absolute atomic E-state index is 0.135. The van der Waals surface area contributed by atoms with Gasteiger partial charge in [-0.25, -0.2) is 13.6 Å². The van der Waals surface area contributed by atoms with Crippen LogP contribution in [0.2, 0.25) is 0 Å². The zero-order valence-electron chi connectivity index (χ0n) is 9.80. The number of nitrogens with two attached hydrogens (primary N) is 2. The molecule has 0 aliphatic rings. The van der Waals surface area contributed by atoms with Crippen LogP contribution in [0.4, 0.5) is 5.69 Å². The number of aromatic nitrogens is 1. The molecule has 0 aromatic carbocycles. The van der Waals surface area contributed by atoms with Crippen LogP contribution in [0.15, 0.2) is 18.3 Å². The van der Waals surface area contributed by atoms with Crippen LogP contribution in [0.3, 0.4) is 0 Å². The van der Waals surface area contributed by atoms with Crippen molar-refractivity contribution in [1.29, 1.82) is 0 Å². The lowest BCUT2D eigenvalue weighted by atomic mass is 10.2. The summed E-state index contributed by atoms with van der Waals surface area (Å²) < 4.78 is 21.3. The second kappa shape index (κ2) is 6.31. The minimum atomic E-state index is -3.46. The molecule has 1 heterocycles. The Hall–Kier alpha value is -1.67. The summed E-state index contributed by atoms with van der Waals surface area (Å²) in [4.78, 5) is 15.4. The van der Waals surface area contributed by atoms with E-state index in [1.165, 1.54) is 6.20 Å². The van der Waals surface area contributed by atoms with Crippen molar-refractivity contribution in [2.24, 2.45) is 5.14 Å². The second-order valence-corrected chi connectivity index (χ2v) is 5.56. The molecule has 0 fully saturated rings. The molecule has 1 aromatic rings. The average molecular weight is 272 g/mol. The fourth-order valence-corrected chi connectivity index (χ4v) is 1.82. The molecule has 5 N–H and O–H groups in total. The maximum absolute atomic E-state index is 11.5. The number of rotatable bonds is 6. The van der Waals surface area contributed by atoms with Gasteiger partial charge in [0.2, 0.25) is 15.9 Å². The molecular formula is C10H16N4O3S. The van der Waals surface area contributed by atoms with Gasteiger partial charge in [-0.1, -0.05) is 0 Å². The summed E-state index contributed by atoms with van der Waals surface area (Å²) >= 11 is 0. The minimum Gasteiger partial charge on any atom is -0.397 e. The fourth-order valence-electron chi connectivity index (χ4n) is 1.27. The number of primary sulfonamides is 1. The van der Waals surface area contributed by atoms with E-state index in [1.54, 1.807) is 12.1 Å². The van der Waals surface area contributed by atoms with Crippen molar-refractivity contribution in [2.45, 2.75) is 12.8 Å². The highest BCUT2D eigenvalue weighted by Gasteiger charge is 2.05. The van der Waals surface area contributed by atoms with E-state index in [0.29, 0.717) is 17.8 Å². The van der Waals surface area contributed by atoms with Crippen molar-refractivity contribution in [3.8, 4) is 0 Å². The Morgan fingerprint density at radius 1 is 1.39 bits per heavy atom. The predicted octanol–water partition coefficient (Wildman–Crippen LogP) is -0.999. The highest BCUT2D eigenvalue weighted by atomic mass is 32.2. The molecule has 1 rings (SSSR count).